The lowest BCUT2D eigenvalue weighted by Crippen LogP contribution is -2.07. The van der Waals surface area contributed by atoms with Gasteiger partial charge in [-0.1, -0.05) is 12.2 Å². The summed E-state index contributed by atoms with van der Waals surface area (Å²) in [5.74, 6) is 0. The van der Waals surface area contributed by atoms with E-state index in [2.05, 4.69) is 17.2 Å². The van der Waals surface area contributed by atoms with Gasteiger partial charge in [0.15, 0.2) is 0 Å². The Morgan fingerprint density at radius 2 is 1.92 bits per heavy atom. The molecule has 0 aliphatic rings. The SMILES string of the molecule is Nc1c[nH]cc(C(F)(F)F)c1=S. The highest BCUT2D eigenvalue weighted by molar-refractivity contribution is 7.71. The maximum absolute atomic E-state index is 12.1. The minimum Gasteiger partial charge on any atom is -0.396 e. The van der Waals surface area contributed by atoms with Crippen LogP contribution in [-0.2, 0) is 6.18 Å². The van der Waals surface area contributed by atoms with E-state index in [0.29, 0.717) is 0 Å². The number of nitrogens with two attached hydrogens (primary N) is 1. The number of nitrogen functional groups attached to an aromatic ring is 1. The van der Waals surface area contributed by atoms with Gasteiger partial charge in [-0.3, -0.25) is 0 Å². The molecule has 3 N–H and O–H groups in total. The Bertz CT molecular complexity index is 341. The third-order valence-electron chi connectivity index (χ3n) is 1.28. The smallest absolute Gasteiger partial charge is 0.396 e. The minimum atomic E-state index is -4.44. The molecule has 0 radical (unpaired) electrons. The second kappa shape index (κ2) is 2.78. The summed E-state index contributed by atoms with van der Waals surface area (Å²) in [5.41, 5.74) is 4.21. The molecule has 6 heteroatoms. The fraction of sp³-hybridized carbons (Fsp3) is 0.167. The van der Waals surface area contributed by atoms with E-state index in [-0.39, 0.29) is 10.2 Å². The molecule has 0 saturated heterocycles. The maximum Gasteiger partial charge on any atom is 0.419 e. The molecule has 2 nitrogen and oxygen atoms in total. The summed E-state index contributed by atoms with van der Waals surface area (Å²) in [6.07, 6.45) is -2.43. The number of H-pyrrole nitrogens is 1. The van der Waals surface area contributed by atoms with E-state index in [1.165, 1.54) is 6.20 Å². The molecule has 0 spiro atoms. The number of alkyl halides is 3. The van der Waals surface area contributed by atoms with Crippen LogP contribution < -0.4 is 5.73 Å². The van der Waals surface area contributed by atoms with E-state index in [1.807, 2.05) is 0 Å². The third kappa shape index (κ3) is 1.58. The zero-order valence-electron chi connectivity index (χ0n) is 5.77. The molecule has 0 unspecified atom stereocenters. The largest absolute Gasteiger partial charge is 0.419 e. The van der Waals surface area contributed by atoms with Crippen molar-refractivity contribution in [1.29, 1.82) is 0 Å². The van der Waals surface area contributed by atoms with Crippen LogP contribution in [-0.4, -0.2) is 4.98 Å². The van der Waals surface area contributed by atoms with Crippen LogP contribution in [0.3, 0.4) is 0 Å². The molecular weight excluding hydrogens is 189 g/mol. The normalized spacial score (nSPS) is 11.6. The molecule has 0 atom stereocenters. The van der Waals surface area contributed by atoms with E-state index in [1.54, 1.807) is 0 Å². The first-order valence-corrected chi connectivity index (χ1v) is 3.37. The van der Waals surface area contributed by atoms with Crippen LogP contribution in [0.15, 0.2) is 12.4 Å². The third-order valence-corrected chi connectivity index (χ3v) is 1.73. The van der Waals surface area contributed by atoms with Crippen molar-refractivity contribution in [3.63, 3.8) is 0 Å². The highest BCUT2D eigenvalue weighted by Gasteiger charge is 2.32. The summed E-state index contributed by atoms with van der Waals surface area (Å²) in [6.45, 7) is 0. The van der Waals surface area contributed by atoms with Gasteiger partial charge >= 0.3 is 6.18 Å². The second-order valence-corrected chi connectivity index (χ2v) is 2.56. The van der Waals surface area contributed by atoms with E-state index in [0.717, 1.165) is 6.20 Å². The first-order chi connectivity index (χ1) is 5.43. The van der Waals surface area contributed by atoms with Gasteiger partial charge in [0.25, 0.3) is 0 Å². The Balaban J connectivity index is 3.37. The molecule has 0 aliphatic heterocycles. The lowest BCUT2D eigenvalue weighted by molar-refractivity contribution is -0.138. The van der Waals surface area contributed by atoms with E-state index < -0.39 is 11.7 Å². The molecule has 0 fully saturated rings. The number of aromatic amines is 1. The molecule has 12 heavy (non-hydrogen) atoms. The van der Waals surface area contributed by atoms with Gasteiger partial charge in [0.2, 0.25) is 0 Å². The predicted molar refractivity (Wildman–Crippen MR) is 41.0 cm³/mol. The van der Waals surface area contributed by atoms with Gasteiger partial charge in [-0.15, -0.1) is 0 Å². The van der Waals surface area contributed by atoms with Gasteiger partial charge < -0.3 is 10.7 Å². The molecule has 1 heterocycles. The van der Waals surface area contributed by atoms with Gasteiger partial charge in [0.1, 0.15) is 0 Å². The predicted octanol–water partition coefficient (Wildman–Crippen LogP) is 2.35. The fourth-order valence-electron chi connectivity index (χ4n) is 0.712. The number of hydrogen-bond acceptors (Lipinski definition) is 2. The number of nitrogens with one attached hydrogen (secondary N) is 1. The number of hydrogen-bond donors (Lipinski definition) is 2. The van der Waals surface area contributed by atoms with Crippen LogP contribution in [0.5, 0.6) is 0 Å². The number of halogens is 3. The van der Waals surface area contributed by atoms with Crippen LogP contribution >= 0.6 is 12.2 Å². The van der Waals surface area contributed by atoms with Gasteiger partial charge in [-0.25, -0.2) is 0 Å². The van der Waals surface area contributed by atoms with Crippen LogP contribution in [0.1, 0.15) is 5.56 Å². The molecular formula is C6H5F3N2S. The molecule has 1 rings (SSSR count). The van der Waals surface area contributed by atoms with Crippen molar-refractivity contribution in [2.75, 3.05) is 5.73 Å². The first-order valence-electron chi connectivity index (χ1n) is 2.96. The molecule has 0 bridgehead atoms. The average Bonchev–Trinajstić information content (AvgIpc) is 1.92. The summed E-state index contributed by atoms with van der Waals surface area (Å²) in [6, 6.07) is 0. The summed E-state index contributed by atoms with van der Waals surface area (Å²) in [4.78, 5) is 2.26. The Morgan fingerprint density at radius 1 is 1.33 bits per heavy atom. The Hall–Kier alpha value is -1.04. The number of rotatable bonds is 0. The number of aromatic nitrogens is 1. The zero-order chi connectivity index (χ0) is 9.35. The van der Waals surface area contributed by atoms with Crippen LogP contribution in [0.4, 0.5) is 18.9 Å². The maximum atomic E-state index is 12.1. The van der Waals surface area contributed by atoms with Crippen molar-refractivity contribution in [2.45, 2.75) is 6.18 Å². The second-order valence-electron chi connectivity index (χ2n) is 2.15. The number of pyridine rings is 1. The lowest BCUT2D eigenvalue weighted by atomic mass is 10.2. The Kier molecular flexibility index (Phi) is 2.10. The molecule has 1 aromatic rings. The molecule has 0 aliphatic carbocycles. The average molecular weight is 194 g/mol. The summed E-state index contributed by atoms with van der Waals surface area (Å²) in [5, 5.41) is 0. The van der Waals surface area contributed by atoms with Crippen molar-refractivity contribution < 1.29 is 13.2 Å². The molecule has 0 amide bonds. The summed E-state index contributed by atoms with van der Waals surface area (Å²) >= 11 is 4.48. The van der Waals surface area contributed by atoms with E-state index >= 15 is 0 Å². The van der Waals surface area contributed by atoms with Crippen LogP contribution in [0, 0.1) is 4.51 Å². The van der Waals surface area contributed by atoms with Crippen LogP contribution in [0.2, 0.25) is 0 Å². The molecule has 0 saturated carbocycles. The van der Waals surface area contributed by atoms with Gasteiger partial charge in [0, 0.05) is 12.4 Å². The fourth-order valence-corrected chi connectivity index (χ4v) is 0.946. The zero-order valence-corrected chi connectivity index (χ0v) is 6.59. The lowest BCUT2D eigenvalue weighted by Gasteiger charge is -2.06. The molecule has 66 valence electrons. The van der Waals surface area contributed by atoms with Crippen LogP contribution in [0.25, 0.3) is 0 Å². The van der Waals surface area contributed by atoms with E-state index in [9.17, 15) is 13.2 Å². The molecule has 1 aromatic heterocycles. The monoisotopic (exact) mass is 194 g/mol. The summed E-state index contributed by atoms with van der Waals surface area (Å²) in [7, 11) is 0. The minimum absolute atomic E-state index is 0.0696. The first kappa shape index (κ1) is 9.05. The Morgan fingerprint density at radius 3 is 2.33 bits per heavy atom. The highest BCUT2D eigenvalue weighted by Crippen LogP contribution is 2.30. The van der Waals surface area contributed by atoms with Crippen molar-refractivity contribution in [3.8, 4) is 0 Å². The molecule has 0 aromatic carbocycles. The van der Waals surface area contributed by atoms with Gasteiger partial charge in [0.05, 0.1) is 15.8 Å². The standard InChI is InChI=1S/C6H5F3N2S/c7-6(8,9)3-1-11-2-4(10)5(3)12/h1-2H,10H2,(H,11,12). The van der Waals surface area contributed by atoms with Crippen molar-refractivity contribution >= 4 is 17.9 Å². The highest BCUT2D eigenvalue weighted by atomic mass is 32.1. The van der Waals surface area contributed by atoms with Crippen molar-refractivity contribution in [1.82, 2.24) is 4.98 Å². The van der Waals surface area contributed by atoms with Gasteiger partial charge in [-0.05, 0) is 0 Å². The Labute approximate surface area is 71.2 Å². The van der Waals surface area contributed by atoms with E-state index in [4.69, 9.17) is 5.73 Å². The van der Waals surface area contributed by atoms with Gasteiger partial charge in [-0.2, -0.15) is 13.2 Å². The van der Waals surface area contributed by atoms with Crippen molar-refractivity contribution in [3.05, 3.63) is 22.5 Å². The topological polar surface area (TPSA) is 41.8 Å². The summed E-state index contributed by atoms with van der Waals surface area (Å²) < 4.78 is 35.9. The van der Waals surface area contributed by atoms with Crippen molar-refractivity contribution in [2.24, 2.45) is 0 Å². The quantitative estimate of drug-likeness (QED) is 0.622. The number of anilines is 1.